The molecule has 2 N–H and O–H groups in total. The van der Waals surface area contributed by atoms with Crippen LogP contribution in [0.1, 0.15) is 0 Å². The van der Waals surface area contributed by atoms with Gasteiger partial charge in [-0.1, -0.05) is 11.6 Å². The van der Waals surface area contributed by atoms with Crippen LogP contribution in [0.2, 0.25) is 5.15 Å². The van der Waals surface area contributed by atoms with Gasteiger partial charge in [0.15, 0.2) is 0 Å². The van der Waals surface area contributed by atoms with Gasteiger partial charge in [-0.25, -0.2) is 0 Å². The number of hydrogen-bond acceptors (Lipinski definition) is 4. The predicted molar refractivity (Wildman–Crippen MR) is 38.0 cm³/mol. The lowest BCUT2D eigenvalue weighted by atomic mass is 10.6. The zero-order chi connectivity index (χ0) is 7.56. The minimum Gasteiger partial charge on any atom is -0.467 e. The van der Waals surface area contributed by atoms with Crippen molar-refractivity contribution < 1.29 is 4.74 Å². The van der Waals surface area contributed by atoms with Crippen LogP contribution < -0.4 is 10.5 Å². The van der Waals surface area contributed by atoms with E-state index in [1.165, 1.54) is 13.2 Å². The minimum absolute atomic E-state index is 0.185. The van der Waals surface area contributed by atoms with Gasteiger partial charge in [-0.3, -0.25) is 0 Å². The number of nitrogen functional groups attached to an aromatic ring is 1. The Morgan fingerprint density at radius 1 is 1.60 bits per heavy atom. The maximum atomic E-state index is 5.52. The van der Waals surface area contributed by atoms with Crippen LogP contribution in [0.15, 0.2) is 6.07 Å². The molecule has 0 aliphatic heterocycles. The quantitative estimate of drug-likeness (QED) is 0.614. The van der Waals surface area contributed by atoms with E-state index in [1.807, 2.05) is 0 Å². The maximum absolute atomic E-state index is 5.52. The first-order valence-electron chi connectivity index (χ1n) is 2.56. The molecule has 1 aromatic heterocycles. The summed E-state index contributed by atoms with van der Waals surface area (Å²) in [5, 5.41) is 0.282. The standard InChI is InChI=1S/C5H6ClN3O/c1-10-5-8-3(6)2-4(7)9-5/h2H,1H3,(H2,7,8,9). The fourth-order valence-corrected chi connectivity index (χ4v) is 0.689. The molecule has 0 atom stereocenters. The zero-order valence-electron chi connectivity index (χ0n) is 5.34. The predicted octanol–water partition coefficient (Wildman–Crippen LogP) is 0.721. The van der Waals surface area contributed by atoms with Crippen molar-refractivity contribution in [3.63, 3.8) is 0 Å². The molecule has 0 fully saturated rings. The van der Waals surface area contributed by atoms with E-state index in [-0.39, 0.29) is 11.2 Å². The third-order valence-electron chi connectivity index (χ3n) is 0.877. The van der Waals surface area contributed by atoms with E-state index in [2.05, 4.69) is 14.7 Å². The first-order chi connectivity index (χ1) is 4.72. The normalized spacial score (nSPS) is 9.40. The van der Waals surface area contributed by atoms with Gasteiger partial charge in [0.25, 0.3) is 0 Å². The fourth-order valence-electron chi connectivity index (χ4n) is 0.505. The molecular weight excluding hydrogens is 154 g/mol. The van der Waals surface area contributed by atoms with E-state index in [0.717, 1.165) is 0 Å². The van der Waals surface area contributed by atoms with Gasteiger partial charge >= 0.3 is 6.01 Å². The largest absolute Gasteiger partial charge is 0.467 e. The Bertz CT molecular complexity index is 220. The molecule has 0 saturated heterocycles. The first-order valence-corrected chi connectivity index (χ1v) is 2.94. The Labute approximate surface area is 63.0 Å². The molecule has 1 rings (SSSR count). The van der Waals surface area contributed by atoms with Crippen molar-refractivity contribution in [2.45, 2.75) is 0 Å². The van der Waals surface area contributed by atoms with Gasteiger partial charge in [0.2, 0.25) is 0 Å². The van der Waals surface area contributed by atoms with E-state index in [0.29, 0.717) is 5.82 Å². The first kappa shape index (κ1) is 7.08. The van der Waals surface area contributed by atoms with Crippen molar-refractivity contribution in [2.24, 2.45) is 0 Å². The molecule has 4 nitrogen and oxygen atoms in total. The van der Waals surface area contributed by atoms with Gasteiger partial charge in [-0.05, 0) is 0 Å². The molecule has 1 heterocycles. The van der Waals surface area contributed by atoms with Gasteiger partial charge in [-0.2, -0.15) is 9.97 Å². The monoisotopic (exact) mass is 159 g/mol. The highest BCUT2D eigenvalue weighted by atomic mass is 35.5. The number of halogens is 1. The summed E-state index contributed by atoms with van der Waals surface area (Å²) in [4.78, 5) is 7.42. The van der Waals surface area contributed by atoms with E-state index in [4.69, 9.17) is 17.3 Å². The lowest BCUT2D eigenvalue weighted by Crippen LogP contribution is -1.96. The molecule has 0 aromatic carbocycles. The Morgan fingerprint density at radius 2 is 2.30 bits per heavy atom. The molecule has 0 aliphatic rings. The van der Waals surface area contributed by atoms with Crippen LogP contribution in [0, 0.1) is 0 Å². The Hall–Kier alpha value is -1.03. The Balaban J connectivity index is 3.06. The molecule has 54 valence electrons. The second kappa shape index (κ2) is 2.70. The van der Waals surface area contributed by atoms with Crippen molar-refractivity contribution in [1.29, 1.82) is 0 Å². The Morgan fingerprint density at radius 3 is 2.80 bits per heavy atom. The molecule has 0 spiro atoms. The van der Waals surface area contributed by atoms with Crippen LogP contribution in [0.5, 0.6) is 6.01 Å². The van der Waals surface area contributed by atoms with Crippen LogP contribution in [-0.2, 0) is 0 Å². The lowest BCUT2D eigenvalue weighted by molar-refractivity contribution is 0.380. The molecule has 5 heteroatoms. The molecule has 0 radical (unpaired) electrons. The second-order valence-corrected chi connectivity index (χ2v) is 1.99. The third-order valence-corrected chi connectivity index (χ3v) is 1.07. The molecule has 0 unspecified atom stereocenters. The van der Waals surface area contributed by atoms with E-state index in [1.54, 1.807) is 0 Å². The van der Waals surface area contributed by atoms with E-state index in [9.17, 15) is 0 Å². The maximum Gasteiger partial charge on any atom is 0.319 e. The summed E-state index contributed by atoms with van der Waals surface area (Å²) >= 11 is 5.52. The number of methoxy groups -OCH3 is 1. The van der Waals surface area contributed by atoms with Crippen LogP contribution in [0.4, 0.5) is 5.82 Å². The topological polar surface area (TPSA) is 61.0 Å². The lowest BCUT2D eigenvalue weighted by Gasteiger charge is -1.97. The smallest absolute Gasteiger partial charge is 0.319 e. The number of hydrogen-bond donors (Lipinski definition) is 1. The van der Waals surface area contributed by atoms with Crippen molar-refractivity contribution in [3.8, 4) is 6.01 Å². The minimum atomic E-state index is 0.185. The zero-order valence-corrected chi connectivity index (χ0v) is 6.09. The average Bonchev–Trinajstić information content (AvgIpc) is 1.85. The molecular formula is C5H6ClN3O. The van der Waals surface area contributed by atoms with Gasteiger partial charge in [-0.15, -0.1) is 0 Å². The molecule has 10 heavy (non-hydrogen) atoms. The van der Waals surface area contributed by atoms with Crippen LogP contribution in [0.25, 0.3) is 0 Å². The van der Waals surface area contributed by atoms with Crippen LogP contribution in [-0.4, -0.2) is 17.1 Å². The van der Waals surface area contributed by atoms with Gasteiger partial charge < -0.3 is 10.5 Å². The van der Waals surface area contributed by atoms with Crippen molar-refractivity contribution in [2.75, 3.05) is 12.8 Å². The summed E-state index contributed by atoms with van der Waals surface area (Å²) < 4.78 is 4.69. The number of rotatable bonds is 1. The van der Waals surface area contributed by atoms with Gasteiger partial charge in [0.1, 0.15) is 11.0 Å². The van der Waals surface area contributed by atoms with Crippen LogP contribution >= 0.6 is 11.6 Å². The highest BCUT2D eigenvalue weighted by molar-refractivity contribution is 6.29. The van der Waals surface area contributed by atoms with E-state index < -0.39 is 0 Å². The molecule has 0 saturated carbocycles. The molecule has 1 aromatic rings. The van der Waals surface area contributed by atoms with E-state index >= 15 is 0 Å². The van der Waals surface area contributed by atoms with Gasteiger partial charge in [0, 0.05) is 6.07 Å². The highest BCUT2D eigenvalue weighted by Crippen LogP contribution is 2.11. The summed E-state index contributed by atoms with van der Waals surface area (Å²) in [6, 6.07) is 1.63. The summed E-state index contributed by atoms with van der Waals surface area (Å²) in [5.74, 6) is 0.303. The number of aromatic nitrogens is 2. The fraction of sp³-hybridized carbons (Fsp3) is 0.200. The highest BCUT2D eigenvalue weighted by Gasteiger charge is 1.97. The molecule has 0 aliphatic carbocycles. The summed E-state index contributed by atoms with van der Waals surface area (Å²) in [6.45, 7) is 0. The van der Waals surface area contributed by atoms with Crippen LogP contribution in [0.3, 0.4) is 0 Å². The number of nitrogens with two attached hydrogens (primary N) is 1. The van der Waals surface area contributed by atoms with Crippen molar-refractivity contribution >= 4 is 17.4 Å². The molecule has 0 amide bonds. The summed E-state index contributed by atoms with van der Waals surface area (Å²) in [7, 11) is 1.45. The SMILES string of the molecule is COc1nc(N)cc(Cl)n1. The number of nitrogens with zero attached hydrogens (tertiary/aromatic N) is 2. The summed E-state index contributed by atoms with van der Waals surface area (Å²) in [6.07, 6.45) is 0. The van der Waals surface area contributed by atoms with Crippen molar-refractivity contribution in [3.05, 3.63) is 11.2 Å². The number of ether oxygens (including phenoxy) is 1. The third kappa shape index (κ3) is 1.48. The van der Waals surface area contributed by atoms with Gasteiger partial charge in [0.05, 0.1) is 7.11 Å². The Kier molecular flexibility index (Phi) is 1.91. The molecule has 0 bridgehead atoms. The number of anilines is 1. The second-order valence-electron chi connectivity index (χ2n) is 1.60. The average molecular weight is 160 g/mol. The summed E-state index contributed by atoms with van der Waals surface area (Å²) in [5.41, 5.74) is 5.32. The van der Waals surface area contributed by atoms with Crippen molar-refractivity contribution in [1.82, 2.24) is 9.97 Å².